The number of nitrogens with one attached hydrogen (secondary N) is 1. The molecule has 1 aliphatic heterocycles. The Morgan fingerprint density at radius 1 is 1.15 bits per heavy atom. The molecule has 1 atom stereocenters. The SMILES string of the molecule is c1nc([C@H]2CCCNC2)n(-c2ccc3c(c2)CCC3)n1. The minimum Gasteiger partial charge on any atom is -0.316 e. The fourth-order valence-electron chi connectivity index (χ4n) is 3.49. The fourth-order valence-corrected chi connectivity index (χ4v) is 3.49. The van der Waals surface area contributed by atoms with Gasteiger partial charge in [0.2, 0.25) is 0 Å². The van der Waals surface area contributed by atoms with Crippen LogP contribution in [0.5, 0.6) is 0 Å². The summed E-state index contributed by atoms with van der Waals surface area (Å²) in [6, 6.07) is 6.76. The topological polar surface area (TPSA) is 42.7 Å². The number of hydrogen-bond donors (Lipinski definition) is 1. The van der Waals surface area contributed by atoms with Gasteiger partial charge in [0, 0.05) is 12.5 Å². The van der Waals surface area contributed by atoms with E-state index in [0.717, 1.165) is 18.9 Å². The molecule has 0 bridgehead atoms. The van der Waals surface area contributed by atoms with Crippen LogP contribution in [-0.2, 0) is 12.8 Å². The van der Waals surface area contributed by atoms with E-state index in [1.165, 1.54) is 48.9 Å². The van der Waals surface area contributed by atoms with Crippen LogP contribution in [0.25, 0.3) is 5.69 Å². The predicted octanol–water partition coefficient (Wildman–Crippen LogP) is 2.22. The van der Waals surface area contributed by atoms with Crippen molar-refractivity contribution in [1.82, 2.24) is 20.1 Å². The van der Waals surface area contributed by atoms with E-state index in [0.29, 0.717) is 5.92 Å². The molecule has 1 aromatic heterocycles. The van der Waals surface area contributed by atoms with Crippen LogP contribution in [0.4, 0.5) is 0 Å². The van der Waals surface area contributed by atoms with Gasteiger partial charge in [0.05, 0.1) is 5.69 Å². The molecular weight excluding hydrogens is 248 g/mol. The lowest BCUT2D eigenvalue weighted by molar-refractivity contribution is 0.440. The first-order chi connectivity index (χ1) is 9.92. The van der Waals surface area contributed by atoms with Crippen molar-refractivity contribution < 1.29 is 0 Å². The van der Waals surface area contributed by atoms with Crippen molar-refractivity contribution in [2.45, 2.75) is 38.0 Å². The summed E-state index contributed by atoms with van der Waals surface area (Å²) in [4.78, 5) is 4.52. The molecular formula is C16H20N4. The van der Waals surface area contributed by atoms with Crippen LogP contribution in [-0.4, -0.2) is 27.9 Å². The molecule has 0 saturated carbocycles. The summed E-state index contributed by atoms with van der Waals surface area (Å²) in [5.41, 5.74) is 4.17. The first kappa shape index (κ1) is 12.1. The van der Waals surface area contributed by atoms with Crippen molar-refractivity contribution in [3.63, 3.8) is 0 Å². The van der Waals surface area contributed by atoms with Gasteiger partial charge in [-0.25, -0.2) is 9.67 Å². The summed E-state index contributed by atoms with van der Waals surface area (Å²) in [5.74, 6) is 1.59. The monoisotopic (exact) mass is 268 g/mol. The zero-order chi connectivity index (χ0) is 13.4. The highest BCUT2D eigenvalue weighted by Gasteiger charge is 2.21. The summed E-state index contributed by atoms with van der Waals surface area (Å²) in [7, 11) is 0. The number of aromatic nitrogens is 3. The van der Waals surface area contributed by atoms with Crippen LogP contribution in [0.1, 0.15) is 42.1 Å². The zero-order valence-electron chi connectivity index (χ0n) is 11.7. The van der Waals surface area contributed by atoms with E-state index in [2.05, 4.69) is 33.6 Å². The number of nitrogens with zero attached hydrogens (tertiary/aromatic N) is 3. The Labute approximate surface area is 119 Å². The molecule has 104 valence electrons. The van der Waals surface area contributed by atoms with Gasteiger partial charge in [-0.1, -0.05) is 6.07 Å². The first-order valence-electron chi connectivity index (χ1n) is 7.64. The molecule has 20 heavy (non-hydrogen) atoms. The number of piperidine rings is 1. The molecule has 1 aliphatic carbocycles. The van der Waals surface area contributed by atoms with E-state index in [9.17, 15) is 0 Å². The minimum absolute atomic E-state index is 0.486. The van der Waals surface area contributed by atoms with E-state index in [1.54, 1.807) is 6.33 Å². The van der Waals surface area contributed by atoms with Gasteiger partial charge in [0.25, 0.3) is 0 Å². The fraction of sp³-hybridized carbons (Fsp3) is 0.500. The second-order valence-electron chi connectivity index (χ2n) is 5.88. The average molecular weight is 268 g/mol. The van der Waals surface area contributed by atoms with Crippen LogP contribution in [0.2, 0.25) is 0 Å². The highest BCUT2D eigenvalue weighted by atomic mass is 15.3. The Balaban J connectivity index is 1.70. The lowest BCUT2D eigenvalue weighted by atomic mass is 9.98. The standard InChI is InChI=1S/C16H20N4/c1-3-12-6-7-15(9-13(12)4-1)20-16(18-11-19-20)14-5-2-8-17-10-14/h6-7,9,11,14,17H,1-5,8,10H2/t14-/m0/s1. The molecule has 1 N–H and O–H groups in total. The van der Waals surface area contributed by atoms with Crippen LogP contribution >= 0.6 is 0 Å². The number of fused-ring (bicyclic) bond motifs is 1. The summed E-state index contributed by atoms with van der Waals surface area (Å²) < 4.78 is 2.04. The Hall–Kier alpha value is -1.68. The molecule has 4 heteroatoms. The van der Waals surface area contributed by atoms with Gasteiger partial charge >= 0.3 is 0 Å². The van der Waals surface area contributed by atoms with E-state index >= 15 is 0 Å². The van der Waals surface area contributed by atoms with Crippen molar-refractivity contribution >= 4 is 0 Å². The van der Waals surface area contributed by atoms with E-state index in [4.69, 9.17) is 0 Å². The quantitative estimate of drug-likeness (QED) is 0.908. The van der Waals surface area contributed by atoms with Gasteiger partial charge in [0.1, 0.15) is 12.2 Å². The molecule has 1 aromatic carbocycles. The lowest BCUT2D eigenvalue weighted by Crippen LogP contribution is -2.30. The maximum atomic E-state index is 4.52. The Bertz CT molecular complexity index is 611. The third-order valence-corrected chi connectivity index (χ3v) is 4.56. The van der Waals surface area contributed by atoms with Crippen LogP contribution in [0.15, 0.2) is 24.5 Å². The van der Waals surface area contributed by atoms with Crippen molar-refractivity contribution in [2.75, 3.05) is 13.1 Å². The van der Waals surface area contributed by atoms with Gasteiger partial charge < -0.3 is 5.32 Å². The molecule has 0 unspecified atom stereocenters. The molecule has 2 heterocycles. The van der Waals surface area contributed by atoms with Gasteiger partial charge in [-0.15, -0.1) is 0 Å². The molecule has 0 amide bonds. The van der Waals surface area contributed by atoms with Crippen LogP contribution in [0.3, 0.4) is 0 Å². The van der Waals surface area contributed by atoms with Crippen LogP contribution < -0.4 is 5.32 Å². The van der Waals surface area contributed by atoms with Gasteiger partial charge in [0.15, 0.2) is 0 Å². The van der Waals surface area contributed by atoms with Crippen molar-refractivity contribution in [1.29, 1.82) is 0 Å². The second-order valence-corrected chi connectivity index (χ2v) is 5.88. The van der Waals surface area contributed by atoms with Crippen molar-refractivity contribution in [2.24, 2.45) is 0 Å². The highest BCUT2D eigenvalue weighted by molar-refractivity contribution is 5.42. The molecule has 1 saturated heterocycles. The largest absolute Gasteiger partial charge is 0.316 e. The summed E-state index contributed by atoms with van der Waals surface area (Å²) >= 11 is 0. The number of benzene rings is 1. The Kier molecular flexibility index (Phi) is 3.03. The maximum absolute atomic E-state index is 4.52. The first-order valence-corrected chi connectivity index (χ1v) is 7.64. The lowest BCUT2D eigenvalue weighted by Gasteiger charge is -2.22. The molecule has 1 fully saturated rings. The van der Waals surface area contributed by atoms with Crippen molar-refractivity contribution in [3.8, 4) is 5.69 Å². The second kappa shape index (κ2) is 5.02. The molecule has 4 nitrogen and oxygen atoms in total. The number of rotatable bonds is 2. The minimum atomic E-state index is 0.486. The summed E-state index contributed by atoms with van der Waals surface area (Å²) in [6.45, 7) is 2.15. The van der Waals surface area contributed by atoms with E-state index in [-0.39, 0.29) is 0 Å². The summed E-state index contributed by atoms with van der Waals surface area (Å²) in [5, 5.41) is 7.93. The highest BCUT2D eigenvalue weighted by Crippen LogP contribution is 2.27. The van der Waals surface area contributed by atoms with Gasteiger partial charge in [-0.2, -0.15) is 5.10 Å². The smallest absolute Gasteiger partial charge is 0.138 e. The van der Waals surface area contributed by atoms with E-state index in [1.807, 2.05) is 4.68 Å². The number of hydrogen-bond acceptors (Lipinski definition) is 3. The molecule has 2 aliphatic rings. The van der Waals surface area contributed by atoms with Gasteiger partial charge in [-0.3, -0.25) is 0 Å². The Morgan fingerprint density at radius 2 is 2.10 bits per heavy atom. The zero-order valence-corrected chi connectivity index (χ0v) is 11.7. The average Bonchev–Trinajstić information content (AvgIpc) is 3.16. The Morgan fingerprint density at radius 3 is 3.00 bits per heavy atom. The molecule has 2 aromatic rings. The summed E-state index contributed by atoms with van der Waals surface area (Å²) in [6.07, 6.45) is 7.84. The molecule has 0 radical (unpaired) electrons. The maximum Gasteiger partial charge on any atom is 0.138 e. The molecule has 0 spiro atoms. The van der Waals surface area contributed by atoms with E-state index < -0.39 is 0 Å². The normalized spacial score (nSPS) is 21.9. The number of aryl methyl sites for hydroxylation is 2. The van der Waals surface area contributed by atoms with Crippen LogP contribution in [0, 0.1) is 0 Å². The predicted molar refractivity (Wildman–Crippen MR) is 78.2 cm³/mol. The third kappa shape index (κ3) is 2.04. The molecule has 4 rings (SSSR count). The third-order valence-electron chi connectivity index (χ3n) is 4.56. The van der Waals surface area contributed by atoms with Crippen molar-refractivity contribution in [3.05, 3.63) is 41.5 Å². The van der Waals surface area contributed by atoms with Gasteiger partial charge in [-0.05, 0) is 61.9 Å².